The average molecular weight is 194 g/mol. The van der Waals surface area contributed by atoms with Crippen molar-refractivity contribution in [1.82, 2.24) is 4.98 Å². The lowest BCUT2D eigenvalue weighted by Crippen LogP contribution is -2.14. The number of ether oxygens (including phenoxy) is 1. The van der Waals surface area contributed by atoms with Crippen molar-refractivity contribution in [3.05, 3.63) is 23.4 Å². The summed E-state index contributed by atoms with van der Waals surface area (Å²) in [5.41, 5.74) is 6.54. The zero-order chi connectivity index (χ0) is 10.6. The number of amides is 1. The summed E-state index contributed by atoms with van der Waals surface area (Å²) >= 11 is 0. The fourth-order valence-electron chi connectivity index (χ4n) is 1.12. The molecule has 1 amide bonds. The van der Waals surface area contributed by atoms with Gasteiger partial charge in [0.15, 0.2) is 0 Å². The van der Waals surface area contributed by atoms with Crippen LogP contribution in [0.1, 0.15) is 29.8 Å². The van der Waals surface area contributed by atoms with Crippen molar-refractivity contribution in [2.24, 2.45) is 5.73 Å². The first-order valence-corrected chi connectivity index (χ1v) is 4.60. The van der Waals surface area contributed by atoms with E-state index in [0.717, 1.165) is 12.0 Å². The molecule has 0 aliphatic carbocycles. The van der Waals surface area contributed by atoms with Crippen molar-refractivity contribution in [3.63, 3.8) is 0 Å². The van der Waals surface area contributed by atoms with Gasteiger partial charge in [-0.15, -0.1) is 0 Å². The zero-order valence-electron chi connectivity index (χ0n) is 8.41. The molecular formula is C10H14N2O2. The van der Waals surface area contributed by atoms with E-state index in [-0.39, 0.29) is 0 Å². The summed E-state index contributed by atoms with van der Waals surface area (Å²) in [5.74, 6) is -0.187. The van der Waals surface area contributed by atoms with Crippen LogP contribution in [0.5, 0.6) is 5.88 Å². The summed E-state index contributed by atoms with van der Waals surface area (Å²) in [6.45, 7) is 4.29. The molecule has 0 fully saturated rings. The predicted octanol–water partition coefficient (Wildman–Crippen LogP) is 1.14. The maximum atomic E-state index is 11.1. The topological polar surface area (TPSA) is 65.2 Å². The van der Waals surface area contributed by atoms with Crippen molar-refractivity contribution in [2.75, 3.05) is 6.61 Å². The van der Waals surface area contributed by atoms with Crippen LogP contribution in [0, 0.1) is 0 Å². The Kier molecular flexibility index (Phi) is 3.45. The number of nitrogens with two attached hydrogens (primary N) is 1. The molecule has 0 aliphatic heterocycles. The molecule has 14 heavy (non-hydrogen) atoms. The molecule has 1 aromatic rings. The summed E-state index contributed by atoms with van der Waals surface area (Å²) in [7, 11) is 0. The van der Waals surface area contributed by atoms with Crippen LogP contribution in [0.25, 0.3) is 0 Å². The van der Waals surface area contributed by atoms with E-state index in [0.29, 0.717) is 18.1 Å². The number of aryl methyl sites for hydroxylation is 1. The van der Waals surface area contributed by atoms with E-state index >= 15 is 0 Å². The predicted molar refractivity (Wildman–Crippen MR) is 53.3 cm³/mol. The van der Waals surface area contributed by atoms with Crippen molar-refractivity contribution < 1.29 is 9.53 Å². The summed E-state index contributed by atoms with van der Waals surface area (Å²) < 4.78 is 5.19. The second kappa shape index (κ2) is 4.60. The Morgan fingerprint density at radius 1 is 1.57 bits per heavy atom. The second-order valence-corrected chi connectivity index (χ2v) is 2.85. The number of carbonyl (C=O) groups excluding carboxylic acids is 1. The van der Waals surface area contributed by atoms with Crippen LogP contribution in [0.4, 0.5) is 0 Å². The number of rotatable bonds is 4. The molecule has 0 spiro atoms. The summed E-state index contributed by atoms with van der Waals surface area (Å²) in [4.78, 5) is 15.1. The first-order valence-electron chi connectivity index (χ1n) is 4.60. The van der Waals surface area contributed by atoms with E-state index in [9.17, 15) is 4.79 Å². The van der Waals surface area contributed by atoms with Crippen LogP contribution in [0.15, 0.2) is 12.3 Å². The van der Waals surface area contributed by atoms with Gasteiger partial charge in [0.05, 0.1) is 6.61 Å². The second-order valence-electron chi connectivity index (χ2n) is 2.85. The SMILES string of the molecule is CCOc1ncc(CC)cc1C(N)=O. The number of hydrogen-bond acceptors (Lipinski definition) is 3. The maximum Gasteiger partial charge on any atom is 0.254 e. The van der Waals surface area contributed by atoms with Crippen molar-refractivity contribution in [3.8, 4) is 5.88 Å². The normalized spacial score (nSPS) is 9.86. The minimum Gasteiger partial charge on any atom is -0.477 e. The molecule has 0 radical (unpaired) electrons. The lowest BCUT2D eigenvalue weighted by Gasteiger charge is -2.07. The molecule has 0 unspecified atom stereocenters. The molecule has 4 nitrogen and oxygen atoms in total. The summed E-state index contributed by atoms with van der Waals surface area (Å²) in [6.07, 6.45) is 2.51. The molecule has 0 aromatic carbocycles. The first-order chi connectivity index (χ1) is 6.69. The highest BCUT2D eigenvalue weighted by atomic mass is 16.5. The lowest BCUT2D eigenvalue weighted by molar-refractivity contribution is 0.0995. The third-order valence-corrected chi connectivity index (χ3v) is 1.86. The molecule has 1 aromatic heterocycles. The standard InChI is InChI=1S/C10H14N2O2/c1-3-7-5-8(9(11)13)10(12-6-7)14-4-2/h5-6H,3-4H2,1-2H3,(H2,11,13). The van der Waals surface area contributed by atoms with Gasteiger partial charge in [0.1, 0.15) is 5.56 Å². The number of nitrogens with zero attached hydrogens (tertiary/aromatic N) is 1. The highest BCUT2D eigenvalue weighted by Gasteiger charge is 2.10. The van der Waals surface area contributed by atoms with Gasteiger partial charge in [-0.25, -0.2) is 4.98 Å². The fraction of sp³-hybridized carbons (Fsp3) is 0.400. The Hall–Kier alpha value is -1.58. The number of carbonyl (C=O) groups is 1. The van der Waals surface area contributed by atoms with Gasteiger partial charge in [0.2, 0.25) is 5.88 Å². The zero-order valence-corrected chi connectivity index (χ0v) is 8.41. The molecule has 0 atom stereocenters. The van der Waals surface area contributed by atoms with Gasteiger partial charge in [-0.3, -0.25) is 4.79 Å². The van der Waals surface area contributed by atoms with Crippen molar-refractivity contribution >= 4 is 5.91 Å². The van der Waals surface area contributed by atoms with Gasteiger partial charge in [0.25, 0.3) is 5.91 Å². The van der Waals surface area contributed by atoms with E-state index in [4.69, 9.17) is 10.5 Å². The average Bonchev–Trinajstić information content (AvgIpc) is 2.18. The number of primary amides is 1. The summed E-state index contributed by atoms with van der Waals surface area (Å²) in [6, 6.07) is 1.72. The van der Waals surface area contributed by atoms with Gasteiger partial charge in [-0.1, -0.05) is 6.92 Å². The highest BCUT2D eigenvalue weighted by Crippen LogP contribution is 2.16. The monoisotopic (exact) mass is 194 g/mol. The molecule has 1 rings (SSSR count). The number of hydrogen-bond donors (Lipinski definition) is 1. The molecule has 0 saturated heterocycles. The molecule has 0 bridgehead atoms. The smallest absolute Gasteiger partial charge is 0.254 e. The van der Waals surface area contributed by atoms with Gasteiger partial charge in [0, 0.05) is 6.20 Å². The Labute approximate surface area is 83.1 Å². The largest absolute Gasteiger partial charge is 0.477 e. The van der Waals surface area contributed by atoms with Crippen molar-refractivity contribution in [2.45, 2.75) is 20.3 Å². The Morgan fingerprint density at radius 2 is 2.29 bits per heavy atom. The molecule has 1 heterocycles. The lowest BCUT2D eigenvalue weighted by atomic mass is 10.1. The van der Waals surface area contributed by atoms with E-state index in [1.165, 1.54) is 0 Å². The van der Waals surface area contributed by atoms with E-state index < -0.39 is 5.91 Å². The van der Waals surface area contributed by atoms with Crippen molar-refractivity contribution in [1.29, 1.82) is 0 Å². The third kappa shape index (κ3) is 2.22. The van der Waals surface area contributed by atoms with E-state index in [1.54, 1.807) is 12.3 Å². The number of pyridine rings is 1. The van der Waals surface area contributed by atoms with E-state index in [2.05, 4.69) is 4.98 Å². The van der Waals surface area contributed by atoms with Crippen LogP contribution in [-0.2, 0) is 6.42 Å². The Bertz CT molecular complexity index is 337. The van der Waals surface area contributed by atoms with Gasteiger partial charge in [-0.05, 0) is 25.0 Å². The molecule has 2 N–H and O–H groups in total. The molecule has 4 heteroatoms. The Balaban J connectivity index is 3.10. The minimum absolute atomic E-state index is 0.317. The number of aromatic nitrogens is 1. The Morgan fingerprint density at radius 3 is 2.79 bits per heavy atom. The van der Waals surface area contributed by atoms with Crippen LogP contribution < -0.4 is 10.5 Å². The van der Waals surface area contributed by atoms with Gasteiger partial charge in [-0.2, -0.15) is 0 Å². The fourth-order valence-corrected chi connectivity index (χ4v) is 1.12. The van der Waals surface area contributed by atoms with Crippen LogP contribution >= 0.6 is 0 Å². The van der Waals surface area contributed by atoms with Gasteiger partial charge >= 0.3 is 0 Å². The van der Waals surface area contributed by atoms with E-state index in [1.807, 2.05) is 13.8 Å². The molecule has 0 saturated carbocycles. The van der Waals surface area contributed by atoms with Crippen LogP contribution in [0.3, 0.4) is 0 Å². The van der Waals surface area contributed by atoms with Crippen LogP contribution in [0.2, 0.25) is 0 Å². The molecular weight excluding hydrogens is 180 g/mol. The minimum atomic E-state index is -0.503. The molecule has 76 valence electrons. The quantitative estimate of drug-likeness (QED) is 0.781. The van der Waals surface area contributed by atoms with Gasteiger partial charge < -0.3 is 10.5 Å². The maximum absolute atomic E-state index is 11.1. The first kappa shape index (κ1) is 10.5. The highest BCUT2D eigenvalue weighted by molar-refractivity contribution is 5.95. The third-order valence-electron chi connectivity index (χ3n) is 1.86. The van der Waals surface area contributed by atoms with Crippen LogP contribution in [-0.4, -0.2) is 17.5 Å². The summed E-state index contributed by atoms with van der Waals surface area (Å²) in [5, 5.41) is 0. The molecule has 0 aliphatic rings.